The fourth-order valence-corrected chi connectivity index (χ4v) is 2.40. The molecule has 1 aliphatic carbocycles. The van der Waals surface area contributed by atoms with Crippen LogP contribution >= 0.6 is 0 Å². The zero-order chi connectivity index (χ0) is 13.0. The second kappa shape index (κ2) is 5.95. The smallest absolute Gasteiger partial charge is 0.291 e. The monoisotopic (exact) mass is 252 g/mol. The first-order valence-electron chi connectivity index (χ1n) is 6.57. The standard InChI is InChI=1S/C12H20N4O2/c1-2-10-14-11(16-15-10)12(18)13-9-6-4-3-5-8(9)7-17/h8-9,17H,2-7H2,1H3,(H,13,18)(H,14,15,16). The number of aromatic amines is 1. The molecule has 0 spiro atoms. The highest BCUT2D eigenvalue weighted by Crippen LogP contribution is 2.24. The lowest BCUT2D eigenvalue weighted by molar-refractivity contribution is 0.0862. The lowest BCUT2D eigenvalue weighted by Gasteiger charge is -2.30. The maximum atomic E-state index is 12.0. The number of nitrogens with zero attached hydrogens (tertiary/aromatic N) is 2. The molecule has 3 N–H and O–H groups in total. The van der Waals surface area contributed by atoms with Crippen LogP contribution in [0.4, 0.5) is 0 Å². The van der Waals surface area contributed by atoms with Crippen molar-refractivity contribution in [3.63, 3.8) is 0 Å². The molecule has 0 aromatic carbocycles. The minimum atomic E-state index is -0.253. The minimum Gasteiger partial charge on any atom is -0.396 e. The van der Waals surface area contributed by atoms with Crippen molar-refractivity contribution < 1.29 is 9.90 Å². The highest BCUT2D eigenvalue weighted by Gasteiger charge is 2.27. The van der Waals surface area contributed by atoms with Gasteiger partial charge in [0, 0.05) is 25.0 Å². The molecule has 1 aliphatic rings. The Morgan fingerprint density at radius 3 is 2.94 bits per heavy atom. The van der Waals surface area contributed by atoms with Gasteiger partial charge in [0.1, 0.15) is 5.82 Å². The Morgan fingerprint density at radius 1 is 1.50 bits per heavy atom. The quantitative estimate of drug-likeness (QED) is 0.733. The first-order chi connectivity index (χ1) is 8.74. The van der Waals surface area contributed by atoms with Crippen LogP contribution in [0.3, 0.4) is 0 Å². The van der Waals surface area contributed by atoms with Gasteiger partial charge in [-0.25, -0.2) is 4.98 Å². The van der Waals surface area contributed by atoms with E-state index in [1.54, 1.807) is 0 Å². The Balaban J connectivity index is 1.97. The highest BCUT2D eigenvalue weighted by atomic mass is 16.3. The molecule has 6 nitrogen and oxygen atoms in total. The summed E-state index contributed by atoms with van der Waals surface area (Å²) in [6.45, 7) is 2.07. The molecule has 1 saturated carbocycles. The van der Waals surface area contributed by atoms with Crippen molar-refractivity contribution in [3.05, 3.63) is 11.6 Å². The molecule has 0 aliphatic heterocycles. The van der Waals surface area contributed by atoms with Crippen LogP contribution in [0.2, 0.25) is 0 Å². The summed E-state index contributed by atoms with van der Waals surface area (Å²) in [5.41, 5.74) is 0. The van der Waals surface area contributed by atoms with E-state index in [0.29, 0.717) is 5.82 Å². The summed E-state index contributed by atoms with van der Waals surface area (Å²) in [5, 5.41) is 18.8. The normalized spacial score (nSPS) is 23.9. The van der Waals surface area contributed by atoms with Crippen molar-refractivity contribution in [3.8, 4) is 0 Å². The van der Waals surface area contributed by atoms with Crippen molar-refractivity contribution in [2.24, 2.45) is 5.92 Å². The number of hydrogen-bond acceptors (Lipinski definition) is 4. The Labute approximate surface area is 106 Å². The number of amides is 1. The van der Waals surface area contributed by atoms with E-state index in [1.165, 1.54) is 0 Å². The summed E-state index contributed by atoms with van der Waals surface area (Å²) >= 11 is 0. The van der Waals surface area contributed by atoms with Crippen LogP contribution < -0.4 is 5.32 Å². The molecule has 1 amide bonds. The van der Waals surface area contributed by atoms with E-state index in [1.807, 2.05) is 6.92 Å². The summed E-state index contributed by atoms with van der Waals surface area (Å²) in [4.78, 5) is 16.1. The molecular weight excluding hydrogens is 232 g/mol. The van der Waals surface area contributed by atoms with E-state index in [9.17, 15) is 9.90 Å². The number of H-pyrrole nitrogens is 1. The zero-order valence-electron chi connectivity index (χ0n) is 10.6. The number of hydrogen-bond donors (Lipinski definition) is 3. The third-order valence-electron chi connectivity index (χ3n) is 3.53. The average molecular weight is 252 g/mol. The number of carbonyl (C=O) groups excluding carboxylic acids is 1. The molecular formula is C12H20N4O2. The second-order valence-corrected chi connectivity index (χ2v) is 4.77. The Kier molecular flexibility index (Phi) is 4.30. The van der Waals surface area contributed by atoms with Gasteiger partial charge in [-0.15, -0.1) is 5.10 Å². The molecule has 18 heavy (non-hydrogen) atoms. The summed E-state index contributed by atoms with van der Waals surface area (Å²) in [6, 6.07) is 0.0415. The van der Waals surface area contributed by atoms with Crippen molar-refractivity contribution in [1.29, 1.82) is 0 Å². The molecule has 2 unspecified atom stereocenters. The van der Waals surface area contributed by atoms with E-state index < -0.39 is 0 Å². The van der Waals surface area contributed by atoms with Crippen molar-refractivity contribution in [2.45, 2.75) is 45.1 Å². The Bertz CT molecular complexity index is 405. The molecule has 1 aromatic rings. The van der Waals surface area contributed by atoms with Gasteiger partial charge in [0.15, 0.2) is 0 Å². The van der Waals surface area contributed by atoms with Crippen LogP contribution in [0, 0.1) is 5.92 Å². The molecule has 2 rings (SSSR count). The number of aliphatic hydroxyl groups excluding tert-OH is 1. The van der Waals surface area contributed by atoms with E-state index >= 15 is 0 Å². The number of aryl methyl sites for hydroxylation is 1. The molecule has 0 bridgehead atoms. The second-order valence-electron chi connectivity index (χ2n) is 4.77. The summed E-state index contributed by atoms with van der Waals surface area (Å²) in [6.07, 6.45) is 4.83. The third kappa shape index (κ3) is 2.87. The topological polar surface area (TPSA) is 90.9 Å². The molecule has 2 atom stereocenters. The highest BCUT2D eigenvalue weighted by molar-refractivity contribution is 5.90. The molecule has 1 aromatic heterocycles. The number of rotatable bonds is 4. The minimum absolute atomic E-state index is 0.0415. The van der Waals surface area contributed by atoms with E-state index in [4.69, 9.17) is 0 Å². The lowest BCUT2D eigenvalue weighted by Crippen LogP contribution is -2.43. The van der Waals surface area contributed by atoms with E-state index in [-0.39, 0.29) is 30.3 Å². The van der Waals surface area contributed by atoms with Crippen LogP contribution in [0.5, 0.6) is 0 Å². The maximum absolute atomic E-state index is 12.0. The number of carbonyl (C=O) groups is 1. The molecule has 0 radical (unpaired) electrons. The van der Waals surface area contributed by atoms with Crippen molar-refractivity contribution in [2.75, 3.05) is 6.61 Å². The summed E-state index contributed by atoms with van der Waals surface area (Å²) in [7, 11) is 0. The SMILES string of the molecule is CCc1nc(C(=O)NC2CCCCC2CO)n[nH]1. The summed E-state index contributed by atoms with van der Waals surface area (Å²) < 4.78 is 0. The number of nitrogens with one attached hydrogen (secondary N) is 2. The van der Waals surface area contributed by atoms with Crippen LogP contribution in [0.25, 0.3) is 0 Å². The van der Waals surface area contributed by atoms with Crippen LogP contribution in [0.1, 0.15) is 49.1 Å². The Hall–Kier alpha value is -1.43. The van der Waals surface area contributed by atoms with Crippen molar-refractivity contribution in [1.82, 2.24) is 20.5 Å². The predicted octanol–water partition coefficient (Wildman–Crippen LogP) is 0.648. The predicted molar refractivity (Wildman–Crippen MR) is 66.1 cm³/mol. The van der Waals surface area contributed by atoms with E-state index in [2.05, 4.69) is 20.5 Å². The zero-order valence-corrected chi connectivity index (χ0v) is 10.6. The van der Waals surface area contributed by atoms with Gasteiger partial charge in [-0.1, -0.05) is 19.8 Å². The Morgan fingerprint density at radius 2 is 2.28 bits per heavy atom. The third-order valence-corrected chi connectivity index (χ3v) is 3.53. The molecule has 6 heteroatoms. The molecule has 0 saturated heterocycles. The van der Waals surface area contributed by atoms with Gasteiger partial charge in [0.2, 0.25) is 5.82 Å². The van der Waals surface area contributed by atoms with Gasteiger partial charge < -0.3 is 10.4 Å². The van der Waals surface area contributed by atoms with Gasteiger partial charge in [-0.05, 0) is 12.8 Å². The molecule has 1 fully saturated rings. The van der Waals surface area contributed by atoms with Gasteiger partial charge in [0.05, 0.1) is 0 Å². The van der Waals surface area contributed by atoms with Crippen LogP contribution in [-0.2, 0) is 6.42 Å². The maximum Gasteiger partial charge on any atom is 0.291 e. The summed E-state index contributed by atoms with van der Waals surface area (Å²) in [5.74, 6) is 0.806. The van der Waals surface area contributed by atoms with Crippen LogP contribution in [0.15, 0.2) is 0 Å². The number of aromatic nitrogens is 3. The van der Waals surface area contributed by atoms with Gasteiger partial charge in [0.25, 0.3) is 5.91 Å². The van der Waals surface area contributed by atoms with Gasteiger partial charge >= 0.3 is 0 Å². The fourth-order valence-electron chi connectivity index (χ4n) is 2.40. The van der Waals surface area contributed by atoms with Crippen LogP contribution in [-0.4, -0.2) is 38.8 Å². The molecule has 100 valence electrons. The van der Waals surface area contributed by atoms with Gasteiger partial charge in [-0.2, -0.15) is 0 Å². The van der Waals surface area contributed by atoms with Crippen molar-refractivity contribution >= 4 is 5.91 Å². The number of aliphatic hydroxyl groups is 1. The van der Waals surface area contributed by atoms with E-state index in [0.717, 1.165) is 32.1 Å². The first-order valence-corrected chi connectivity index (χ1v) is 6.57. The fraction of sp³-hybridized carbons (Fsp3) is 0.750. The first kappa shape index (κ1) is 13.0. The van der Waals surface area contributed by atoms with Gasteiger partial charge in [-0.3, -0.25) is 9.89 Å². The molecule has 1 heterocycles. The lowest BCUT2D eigenvalue weighted by atomic mass is 9.85. The largest absolute Gasteiger partial charge is 0.396 e. The average Bonchev–Trinajstić information content (AvgIpc) is 2.88.